The summed E-state index contributed by atoms with van der Waals surface area (Å²) in [7, 11) is 0. The number of nitrogens with zero attached hydrogens (tertiary/aromatic N) is 2. The Balaban J connectivity index is 1.87. The highest BCUT2D eigenvalue weighted by molar-refractivity contribution is 9.10. The first-order chi connectivity index (χ1) is 16.8. The summed E-state index contributed by atoms with van der Waals surface area (Å²) in [6.07, 6.45) is 6.99. The Morgan fingerprint density at radius 3 is 2.71 bits per heavy atom. The molecule has 178 valence electrons. The highest BCUT2D eigenvalue weighted by Gasteiger charge is 2.33. The number of benzene rings is 2. The van der Waals surface area contributed by atoms with Gasteiger partial charge in [0, 0.05) is 0 Å². The van der Waals surface area contributed by atoms with Crippen LogP contribution < -0.4 is 19.6 Å². The first-order valence-electron chi connectivity index (χ1n) is 10.6. The Morgan fingerprint density at radius 2 is 2.06 bits per heavy atom. The van der Waals surface area contributed by atoms with Crippen LogP contribution in [0.15, 0.2) is 68.0 Å². The summed E-state index contributed by atoms with van der Waals surface area (Å²) >= 11 is 4.67. The number of aromatic nitrogens is 1. The topological polar surface area (TPSA) is 69.9 Å². The number of allylic oxidation sites excluding steroid dienone is 1. The molecule has 1 aromatic heterocycles. The van der Waals surface area contributed by atoms with Gasteiger partial charge in [-0.15, -0.1) is 6.42 Å². The Hall–Kier alpha value is -3.48. The van der Waals surface area contributed by atoms with Crippen LogP contribution in [-0.2, 0) is 9.53 Å². The normalized spacial score (nSPS) is 15.3. The highest BCUT2D eigenvalue weighted by atomic mass is 79.9. The monoisotopic (exact) mass is 554 g/mol. The molecule has 0 amide bonds. The lowest BCUT2D eigenvalue weighted by Crippen LogP contribution is -2.39. The Labute approximate surface area is 213 Å². The summed E-state index contributed by atoms with van der Waals surface area (Å²) in [5.41, 5.74) is 1.71. The lowest BCUT2D eigenvalue weighted by molar-refractivity contribution is -0.139. The maximum atomic E-state index is 13.6. The van der Waals surface area contributed by atoms with Crippen LogP contribution in [0, 0.1) is 18.2 Å². The molecule has 0 bridgehead atoms. The first-order valence-corrected chi connectivity index (χ1v) is 12.3. The van der Waals surface area contributed by atoms with E-state index in [0.29, 0.717) is 30.8 Å². The second-order valence-corrected chi connectivity index (χ2v) is 9.40. The van der Waals surface area contributed by atoms with E-state index in [1.165, 1.54) is 28.0 Å². The minimum Gasteiger partial charge on any atom is -0.480 e. The van der Waals surface area contributed by atoms with E-state index < -0.39 is 17.8 Å². The predicted octanol–water partition coefficient (Wildman–Crippen LogP) is 3.71. The number of fused-ring (bicyclic) bond motifs is 1. The molecule has 0 N–H and O–H groups in total. The molecule has 2 aromatic carbocycles. The van der Waals surface area contributed by atoms with Crippen LogP contribution >= 0.6 is 27.3 Å². The van der Waals surface area contributed by atoms with E-state index >= 15 is 0 Å². The van der Waals surface area contributed by atoms with Crippen molar-refractivity contribution in [1.82, 2.24) is 4.57 Å². The minimum atomic E-state index is -0.792. The molecular formula is C26H20BrFN2O4S. The number of carbonyl (C=O) groups excluding carboxylic acids is 1. The average Bonchev–Trinajstić information content (AvgIpc) is 3.12. The molecule has 0 unspecified atom stereocenters. The number of ether oxygens (including phenoxy) is 2. The zero-order chi connectivity index (χ0) is 25.1. The molecule has 1 atom stereocenters. The molecule has 0 spiro atoms. The van der Waals surface area contributed by atoms with Crippen LogP contribution in [0.4, 0.5) is 4.39 Å². The summed E-state index contributed by atoms with van der Waals surface area (Å²) in [6, 6.07) is 10.3. The second-order valence-electron chi connectivity index (χ2n) is 7.54. The van der Waals surface area contributed by atoms with E-state index in [1.54, 1.807) is 38.1 Å². The molecular weight excluding hydrogens is 535 g/mol. The fourth-order valence-electron chi connectivity index (χ4n) is 3.75. The summed E-state index contributed by atoms with van der Waals surface area (Å²) < 4.78 is 26.9. The van der Waals surface area contributed by atoms with Crippen LogP contribution in [0.3, 0.4) is 0 Å². The molecule has 9 heteroatoms. The third kappa shape index (κ3) is 4.99. The number of rotatable bonds is 6. The summed E-state index contributed by atoms with van der Waals surface area (Å²) in [5.74, 6) is 2.02. The zero-order valence-corrected chi connectivity index (χ0v) is 21.3. The van der Waals surface area contributed by atoms with Crippen molar-refractivity contribution in [3.05, 3.63) is 94.8 Å². The molecule has 0 saturated carbocycles. The van der Waals surface area contributed by atoms with Crippen molar-refractivity contribution in [2.45, 2.75) is 19.9 Å². The van der Waals surface area contributed by atoms with Crippen molar-refractivity contribution in [3.63, 3.8) is 0 Å². The molecule has 1 aliphatic heterocycles. The molecule has 0 fully saturated rings. The van der Waals surface area contributed by atoms with Crippen LogP contribution in [0.25, 0.3) is 6.08 Å². The largest absolute Gasteiger partial charge is 0.480 e. The van der Waals surface area contributed by atoms with Crippen molar-refractivity contribution in [2.75, 3.05) is 13.2 Å². The van der Waals surface area contributed by atoms with Gasteiger partial charge >= 0.3 is 5.97 Å². The quantitative estimate of drug-likeness (QED) is 0.344. The van der Waals surface area contributed by atoms with Gasteiger partial charge in [0.1, 0.15) is 18.2 Å². The Bertz CT molecular complexity index is 1550. The molecule has 4 rings (SSSR count). The molecule has 2 heterocycles. The SMILES string of the molecule is C#CCOc1ccc(/C=c2\sc3n(c2=O)[C@H](c2ccc(F)cc2)C(C(=O)OCC)=C(C)N=3)cc1Br. The third-order valence-electron chi connectivity index (χ3n) is 5.27. The molecule has 0 saturated heterocycles. The van der Waals surface area contributed by atoms with Gasteiger partial charge in [-0.05, 0) is 71.2 Å². The maximum absolute atomic E-state index is 13.6. The minimum absolute atomic E-state index is 0.141. The number of esters is 1. The number of thiazole rings is 1. The van der Waals surface area contributed by atoms with Gasteiger partial charge in [0.15, 0.2) is 4.80 Å². The predicted molar refractivity (Wildman–Crippen MR) is 135 cm³/mol. The standard InChI is InChI=1S/C26H20BrFN2O4S/c1-4-12-34-20-11-6-16(13-19(20)27)14-21-24(31)30-23(17-7-9-18(28)10-8-17)22(25(32)33-5-2)15(3)29-26(30)35-21/h1,6-11,13-14,23H,5,12H2,2-3H3/b21-14-/t23-/m1/s1. The molecule has 1 aliphatic rings. The van der Waals surface area contributed by atoms with Gasteiger partial charge in [0.05, 0.1) is 32.9 Å². The number of hydrogen-bond donors (Lipinski definition) is 0. The number of terminal acetylenes is 1. The summed E-state index contributed by atoms with van der Waals surface area (Å²) in [6.45, 7) is 3.72. The lowest BCUT2D eigenvalue weighted by atomic mass is 9.96. The van der Waals surface area contributed by atoms with Gasteiger partial charge in [0.25, 0.3) is 5.56 Å². The van der Waals surface area contributed by atoms with E-state index in [0.717, 1.165) is 5.56 Å². The molecule has 0 aliphatic carbocycles. The van der Waals surface area contributed by atoms with E-state index in [1.807, 2.05) is 12.1 Å². The van der Waals surface area contributed by atoms with Crippen molar-refractivity contribution >= 4 is 39.3 Å². The third-order valence-corrected chi connectivity index (χ3v) is 6.87. The van der Waals surface area contributed by atoms with Crippen LogP contribution in [0.5, 0.6) is 5.75 Å². The van der Waals surface area contributed by atoms with Crippen molar-refractivity contribution in [3.8, 4) is 18.1 Å². The van der Waals surface area contributed by atoms with Crippen molar-refractivity contribution in [2.24, 2.45) is 4.99 Å². The van der Waals surface area contributed by atoms with E-state index in [9.17, 15) is 14.0 Å². The molecule has 35 heavy (non-hydrogen) atoms. The van der Waals surface area contributed by atoms with Gasteiger partial charge in [-0.3, -0.25) is 9.36 Å². The fraction of sp³-hybridized carbons (Fsp3) is 0.192. The van der Waals surface area contributed by atoms with E-state index in [2.05, 4.69) is 26.8 Å². The smallest absolute Gasteiger partial charge is 0.338 e. The average molecular weight is 555 g/mol. The van der Waals surface area contributed by atoms with Gasteiger partial charge < -0.3 is 9.47 Å². The summed E-state index contributed by atoms with van der Waals surface area (Å²) in [5, 5.41) is 0. The fourth-order valence-corrected chi connectivity index (χ4v) is 5.30. The van der Waals surface area contributed by atoms with Crippen molar-refractivity contribution < 1.29 is 18.7 Å². The van der Waals surface area contributed by atoms with Gasteiger partial charge in [0.2, 0.25) is 0 Å². The van der Waals surface area contributed by atoms with Gasteiger partial charge in [-0.2, -0.15) is 0 Å². The van der Waals surface area contributed by atoms with E-state index in [-0.39, 0.29) is 24.3 Å². The maximum Gasteiger partial charge on any atom is 0.338 e. The van der Waals surface area contributed by atoms with Crippen molar-refractivity contribution in [1.29, 1.82) is 0 Å². The Kier molecular flexibility index (Phi) is 7.34. The van der Waals surface area contributed by atoms with Crippen LogP contribution in [0.2, 0.25) is 0 Å². The number of hydrogen-bond acceptors (Lipinski definition) is 6. The zero-order valence-electron chi connectivity index (χ0n) is 18.9. The summed E-state index contributed by atoms with van der Waals surface area (Å²) in [4.78, 5) is 31.4. The van der Waals surface area contributed by atoms with Gasteiger partial charge in [-0.1, -0.05) is 35.5 Å². The van der Waals surface area contributed by atoms with Gasteiger partial charge in [-0.25, -0.2) is 14.2 Å². The Morgan fingerprint density at radius 1 is 1.31 bits per heavy atom. The second kappa shape index (κ2) is 10.4. The molecule has 3 aromatic rings. The highest BCUT2D eigenvalue weighted by Crippen LogP contribution is 2.31. The first kappa shape index (κ1) is 24.6. The van der Waals surface area contributed by atoms with E-state index in [4.69, 9.17) is 15.9 Å². The van der Waals surface area contributed by atoms with Crippen LogP contribution in [-0.4, -0.2) is 23.8 Å². The number of carbonyl (C=O) groups is 1. The number of halogens is 2. The van der Waals surface area contributed by atoms with Crippen LogP contribution in [0.1, 0.15) is 31.0 Å². The lowest BCUT2D eigenvalue weighted by Gasteiger charge is -2.24. The molecule has 6 nitrogen and oxygen atoms in total. The molecule has 0 radical (unpaired) electrons.